The molecule has 0 spiro atoms. The van der Waals surface area contributed by atoms with Crippen molar-refractivity contribution in [1.82, 2.24) is 0 Å². The molecule has 1 aliphatic carbocycles. The van der Waals surface area contributed by atoms with E-state index in [0.29, 0.717) is 12.5 Å². The Morgan fingerprint density at radius 2 is 2.35 bits per heavy atom. The molecule has 1 aliphatic rings. The smallest absolute Gasteiger partial charge is 0.0976 e. The number of ether oxygens (including phenoxy) is 1. The van der Waals surface area contributed by atoms with Gasteiger partial charge in [0.05, 0.1) is 24.2 Å². The van der Waals surface area contributed by atoms with Crippen molar-refractivity contribution in [1.29, 1.82) is 5.26 Å². The van der Waals surface area contributed by atoms with Gasteiger partial charge in [-0.2, -0.15) is 5.26 Å². The molecule has 1 N–H and O–H groups in total. The molecule has 0 heterocycles. The molecule has 0 saturated heterocycles. The molecule has 108 valence electrons. The lowest BCUT2D eigenvalue weighted by Gasteiger charge is -2.38. The number of methoxy groups -OCH3 is 1. The summed E-state index contributed by atoms with van der Waals surface area (Å²) in [5.41, 5.74) is 1.22. The summed E-state index contributed by atoms with van der Waals surface area (Å²) < 4.78 is 5.13. The predicted molar refractivity (Wildman–Crippen MR) is 77.8 cm³/mol. The average Bonchev–Trinajstić information content (AvgIpc) is 2.47. The molecule has 20 heavy (non-hydrogen) atoms. The first-order valence-corrected chi connectivity index (χ1v) is 7.28. The van der Waals surface area contributed by atoms with E-state index < -0.39 is 11.5 Å². The standard InChI is InChI=1S/C17H23NO2/c1-13-5-4-8-17(10-13,12-18)16(19)15-7-3-6-14(9-15)11-20-2/h3,6-7,9,13,16,19H,4-5,8,10-11H2,1-2H3. The molecule has 2 rings (SSSR count). The van der Waals surface area contributed by atoms with Gasteiger partial charge < -0.3 is 9.84 Å². The first-order valence-electron chi connectivity index (χ1n) is 7.28. The van der Waals surface area contributed by atoms with Crippen molar-refractivity contribution in [2.75, 3.05) is 7.11 Å². The molecule has 1 aromatic carbocycles. The molecule has 3 heteroatoms. The van der Waals surface area contributed by atoms with Crippen molar-refractivity contribution >= 4 is 0 Å². The van der Waals surface area contributed by atoms with E-state index in [1.54, 1.807) is 7.11 Å². The molecule has 0 aliphatic heterocycles. The zero-order valence-electron chi connectivity index (χ0n) is 12.3. The number of aliphatic hydroxyl groups excluding tert-OH is 1. The monoisotopic (exact) mass is 273 g/mol. The maximum Gasteiger partial charge on any atom is 0.0976 e. The van der Waals surface area contributed by atoms with E-state index in [-0.39, 0.29) is 0 Å². The third-order valence-corrected chi connectivity index (χ3v) is 4.36. The van der Waals surface area contributed by atoms with Crippen molar-refractivity contribution in [2.24, 2.45) is 11.3 Å². The van der Waals surface area contributed by atoms with Crippen LogP contribution in [0.1, 0.15) is 49.8 Å². The zero-order valence-corrected chi connectivity index (χ0v) is 12.3. The Morgan fingerprint density at radius 3 is 3.00 bits per heavy atom. The number of hydrogen-bond donors (Lipinski definition) is 1. The van der Waals surface area contributed by atoms with Crippen molar-refractivity contribution in [3.8, 4) is 6.07 Å². The van der Waals surface area contributed by atoms with Gasteiger partial charge in [-0.05, 0) is 29.9 Å². The quantitative estimate of drug-likeness (QED) is 0.912. The van der Waals surface area contributed by atoms with Gasteiger partial charge in [0.2, 0.25) is 0 Å². The topological polar surface area (TPSA) is 53.2 Å². The van der Waals surface area contributed by atoms with Crippen LogP contribution in [0.15, 0.2) is 24.3 Å². The van der Waals surface area contributed by atoms with Gasteiger partial charge in [0.25, 0.3) is 0 Å². The Labute approximate surface area is 121 Å². The number of rotatable bonds is 4. The summed E-state index contributed by atoms with van der Waals surface area (Å²) in [6, 6.07) is 10.2. The normalized spacial score (nSPS) is 27.8. The maximum absolute atomic E-state index is 10.7. The Balaban J connectivity index is 2.26. The fourth-order valence-electron chi connectivity index (χ4n) is 3.34. The van der Waals surface area contributed by atoms with Gasteiger partial charge in [0.15, 0.2) is 0 Å². The summed E-state index contributed by atoms with van der Waals surface area (Å²) in [7, 11) is 1.66. The first-order chi connectivity index (χ1) is 9.61. The molecule has 0 radical (unpaired) electrons. The van der Waals surface area contributed by atoms with Crippen LogP contribution in [0.25, 0.3) is 0 Å². The zero-order chi connectivity index (χ0) is 14.6. The van der Waals surface area contributed by atoms with E-state index in [4.69, 9.17) is 4.74 Å². The van der Waals surface area contributed by atoms with Crippen LogP contribution < -0.4 is 0 Å². The number of aliphatic hydroxyl groups is 1. The summed E-state index contributed by atoms with van der Waals surface area (Å²) in [6.45, 7) is 2.69. The molecular formula is C17H23NO2. The van der Waals surface area contributed by atoms with Crippen LogP contribution in [0.4, 0.5) is 0 Å². The van der Waals surface area contributed by atoms with Crippen LogP contribution in [0, 0.1) is 22.7 Å². The molecule has 1 aromatic rings. The lowest BCUT2D eigenvalue weighted by molar-refractivity contribution is 0.0218. The molecule has 1 saturated carbocycles. The number of hydrogen-bond acceptors (Lipinski definition) is 3. The van der Waals surface area contributed by atoms with Crippen LogP contribution in [0.2, 0.25) is 0 Å². The van der Waals surface area contributed by atoms with Gasteiger partial charge in [0, 0.05) is 7.11 Å². The largest absolute Gasteiger partial charge is 0.387 e. The minimum absolute atomic E-state index is 0.500. The first kappa shape index (κ1) is 15.0. The molecule has 3 atom stereocenters. The van der Waals surface area contributed by atoms with Crippen LogP contribution >= 0.6 is 0 Å². The number of benzene rings is 1. The summed E-state index contributed by atoms with van der Waals surface area (Å²) in [6.07, 6.45) is 3.01. The van der Waals surface area contributed by atoms with Gasteiger partial charge >= 0.3 is 0 Å². The SMILES string of the molecule is COCc1cccc(C(O)C2(C#N)CCCC(C)C2)c1. The lowest BCUT2D eigenvalue weighted by atomic mass is 9.66. The van der Waals surface area contributed by atoms with Crippen LogP contribution in [0.3, 0.4) is 0 Å². The minimum Gasteiger partial charge on any atom is -0.387 e. The highest BCUT2D eigenvalue weighted by Gasteiger charge is 2.42. The van der Waals surface area contributed by atoms with E-state index >= 15 is 0 Å². The molecule has 0 amide bonds. The molecule has 3 unspecified atom stereocenters. The highest BCUT2D eigenvalue weighted by molar-refractivity contribution is 5.28. The third kappa shape index (κ3) is 3.03. The third-order valence-electron chi connectivity index (χ3n) is 4.36. The summed E-state index contributed by atoms with van der Waals surface area (Å²) in [5.74, 6) is 0.500. The predicted octanol–water partition coefficient (Wildman–Crippen LogP) is 3.59. The van der Waals surface area contributed by atoms with Gasteiger partial charge in [-0.25, -0.2) is 0 Å². The highest BCUT2D eigenvalue weighted by atomic mass is 16.5. The van der Waals surface area contributed by atoms with Crippen LogP contribution in [-0.4, -0.2) is 12.2 Å². The van der Waals surface area contributed by atoms with E-state index in [9.17, 15) is 10.4 Å². The number of nitrogens with zero attached hydrogens (tertiary/aromatic N) is 1. The van der Waals surface area contributed by atoms with Gasteiger partial charge in [0.1, 0.15) is 0 Å². The van der Waals surface area contributed by atoms with Crippen molar-refractivity contribution in [3.05, 3.63) is 35.4 Å². The van der Waals surface area contributed by atoms with Crippen LogP contribution in [-0.2, 0) is 11.3 Å². The average molecular weight is 273 g/mol. The number of nitriles is 1. The molecular weight excluding hydrogens is 250 g/mol. The summed E-state index contributed by atoms with van der Waals surface area (Å²) in [5, 5.41) is 20.4. The fourth-order valence-corrected chi connectivity index (χ4v) is 3.34. The van der Waals surface area contributed by atoms with Gasteiger partial charge in [-0.3, -0.25) is 0 Å². The Kier molecular flexibility index (Phi) is 4.80. The fraction of sp³-hybridized carbons (Fsp3) is 0.588. The second-order valence-electron chi connectivity index (χ2n) is 6.05. The summed E-state index contributed by atoms with van der Waals surface area (Å²) in [4.78, 5) is 0. The summed E-state index contributed by atoms with van der Waals surface area (Å²) >= 11 is 0. The second-order valence-corrected chi connectivity index (χ2v) is 6.05. The molecule has 1 fully saturated rings. The molecule has 0 bridgehead atoms. The van der Waals surface area contributed by atoms with E-state index in [1.165, 1.54) is 0 Å². The lowest BCUT2D eigenvalue weighted by Crippen LogP contribution is -2.33. The Morgan fingerprint density at radius 1 is 1.55 bits per heavy atom. The van der Waals surface area contributed by atoms with E-state index in [0.717, 1.165) is 36.8 Å². The molecule has 0 aromatic heterocycles. The minimum atomic E-state index is -0.716. The van der Waals surface area contributed by atoms with Gasteiger partial charge in [-0.15, -0.1) is 0 Å². The van der Waals surface area contributed by atoms with Crippen molar-refractivity contribution < 1.29 is 9.84 Å². The van der Waals surface area contributed by atoms with Crippen LogP contribution in [0.5, 0.6) is 0 Å². The molecule has 3 nitrogen and oxygen atoms in total. The Bertz CT molecular complexity index is 494. The Hall–Kier alpha value is -1.37. The van der Waals surface area contributed by atoms with Gasteiger partial charge in [-0.1, -0.05) is 44.0 Å². The highest BCUT2D eigenvalue weighted by Crippen LogP contribution is 2.47. The van der Waals surface area contributed by atoms with E-state index in [1.807, 2.05) is 24.3 Å². The van der Waals surface area contributed by atoms with Crippen molar-refractivity contribution in [2.45, 2.75) is 45.3 Å². The second kappa shape index (κ2) is 6.39. The van der Waals surface area contributed by atoms with Crippen molar-refractivity contribution in [3.63, 3.8) is 0 Å². The van der Waals surface area contributed by atoms with E-state index in [2.05, 4.69) is 13.0 Å². The maximum atomic E-state index is 10.7.